The Morgan fingerprint density at radius 2 is 1.91 bits per heavy atom. The molecular formula is C16H13N5O2. The van der Waals surface area contributed by atoms with Crippen molar-refractivity contribution in [3.8, 4) is 17.5 Å². The molecule has 114 valence electrons. The number of hydrogen-bond acceptors (Lipinski definition) is 6. The van der Waals surface area contributed by atoms with Crippen molar-refractivity contribution in [2.75, 3.05) is 5.73 Å². The molecular weight excluding hydrogens is 294 g/mol. The summed E-state index contributed by atoms with van der Waals surface area (Å²) in [5.41, 5.74) is 7.79. The van der Waals surface area contributed by atoms with Crippen LogP contribution in [0.15, 0.2) is 53.1 Å². The second-order valence-corrected chi connectivity index (χ2v) is 4.92. The average Bonchev–Trinajstić information content (AvgIpc) is 3.22. The maximum absolute atomic E-state index is 5.78. The summed E-state index contributed by atoms with van der Waals surface area (Å²) < 4.78 is 11.1. The van der Waals surface area contributed by atoms with Gasteiger partial charge in [0, 0.05) is 0 Å². The summed E-state index contributed by atoms with van der Waals surface area (Å²) in [6.45, 7) is 0.376. The molecule has 0 saturated heterocycles. The third-order valence-corrected chi connectivity index (χ3v) is 3.31. The standard InChI is InChI=1S/C16H13N5O2/c17-16-20-14-12(18-13(19-14)11-7-4-8-22-11)15(21-16)23-9-10-5-2-1-3-6-10/h1-8H,9H2,(H3,17,18,19,20,21). The third kappa shape index (κ3) is 2.59. The zero-order valence-corrected chi connectivity index (χ0v) is 12.1. The molecule has 0 aliphatic rings. The molecule has 3 aromatic heterocycles. The van der Waals surface area contributed by atoms with Gasteiger partial charge in [0.1, 0.15) is 12.1 Å². The van der Waals surface area contributed by atoms with Crippen molar-refractivity contribution in [1.29, 1.82) is 0 Å². The molecule has 4 aromatic rings. The summed E-state index contributed by atoms with van der Waals surface area (Å²) in [6, 6.07) is 13.4. The average molecular weight is 307 g/mol. The second kappa shape index (κ2) is 5.45. The van der Waals surface area contributed by atoms with E-state index in [-0.39, 0.29) is 5.95 Å². The van der Waals surface area contributed by atoms with Gasteiger partial charge < -0.3 is 19.9 Å². The van der Waals surface area contributed by atoms with Crippen LogP contribution >= 0.6 is 0 Å². The summed E-state index contributed by atoms with van der Waals surface area (Å²) in [7, 11) is 0. The predicted octanol–water partition coefficient (Wildman–Crippen LogP) is 2.77. The van der Waals surface area contributed by atoms with E-state index in [1.807, 2.05) is 30.3 Å². The van der Waals surface area contributed by atoms with Crippen LogP contribution in [0.4, 0.5) is 5.95 Å². The van der Waals surface area contributed by atoms with Crippen LogP contribution in [0.3, 0.4) is 0 Å². The van der Waals surface area contributed by atoms with Crippen LogP contribution in [0.1, 0.15) is 5.56 Å². The highest BCUT2D eigenvalue weighted by Gasteiger charge is 2.15. The summed E-state index contributed by atoms with van der Waals surface area (Å²) in [4.78, 5) is 15.8. The first-order chi connectivity index (χ1) is 11.3. The van der Waals surface area contributed by atoms with Gasteiger partial charge in [0.25, 0.3) is 0 Å². The van der Waals surface area contributed by atoms with Gasteiger partial charge in [-0.1, -0.05) is 30.3 Å². The van der Waals surface area contributed by atoms with E-state index in [0.717, 1.165) is 5.56 Å². The van der Waals surface area contributed by atoms with E-state index in [9.17, 15) is 0 Å². The number of nitrogen functional groups attached to an aromatic ring is 1. The number of fused-ring (bicyclic) bond motifs is 1. The molecule has 0 aliphatic heterocycles. The maximum atomic E-state index is 5.78. The Morgan fingerprint density at radius 3 is 2.70 bits per heavy atom. The first-order valence-electron chi connectivity index (χ1n) is 7.03. The topological polar surface area (TPSA) is 103 Å². The minimum Gasteiger partial charge on any atom is -0.471 e. The van der Waals surface area contributed by atoms with E-state index in [1.165, 1.54) is 0 Å². The number of rotatable bonds is 4. The van der Waals surface area contributed by atoms with Crippen LogP contribution in [-0.2, 0) is 6.61 Å². The number of imidazole rings is 1. The normalized spacial score (nSPS) is 11.0. The Labute approximate surface area is 131 Å². The van der Waals surface area contributed by atoms with Crippen LogP contribution in [0, 0.1) is 0 Å². The SMILES string of the molecule is Nc1nc(OCc2ccccc2)c2[nH]c(-c3ccco3)nc2n1. The van der Waals surface area contributed by atoms with Gasteiger partial charge in [-0.3, -0.25) is 0 Å². The van der Waals surface area contributed by atoms with Crippen molar-refractivity contribution in [1.82, 2.24) is 19.9 Å². The van der Waals surface area contributed by atoms with Crippen LogP contribution in [0.25, 0.3) is 22.7 Å². The van der Waals surface area contributed by atoms with Gasteiger partial charge in [0.05, 0.1) is 6.26 Å². The number of hydrogen-bond donors (Lipinski definition) is 2. The smallest absolute Gasteiger partial charge is 0.245 e. The van der Waals surface area contributed by atoms with E-state index in [1.54, 1.807) is 18.4 Å². The molecule has 0 spiro atoms. The Hall–Kier alpha value is -3.35. The summed E-state index contributed by atoms with van der Waals surface area (Å²) in [5.74, 6) is 1.63. The highest BCUT2D eigenvalue weighted by Crippen LogP contribution is 2.26. The van der Waals surface area contributed by atoms with Crippen molar-refractivity contribution in [2.24, 2.45) is 0 Å². The van der Waals surface area contributed by atoms with Gasteiger partial charge in [0.15, 0.2) is 17.2 Å². The fourth-order valence-electron chi connectivity index (χ4n) is 2.25. The molecule has 0 saturated carbocycles. The summed E-state index contributed by atoms with van der Waals surface area (Å²) in [6.07, 6.45) is 1.58. The lowest BCUT2D eigenvalue weighted by Gasteiger charge is -2.06. The molecule has 1 aromatic carbocycles. The van der Waals surface area contributed by atoms with Crippen molar-refractivity contribution in [2.45, 2.75) is 6.61 Å². The van der Waals surface area contributed by atoms with Crippen LogP contribution in [0.2, 0.25) is 0 Å². The van der Waals surface area contributed by atoms with Gasteiger partial charge in [-0.25, -0.2) is 4.98 Å². The number of nitrogens with one attached hydrogen (secondary N) is 1. The second-order valence-electron chi connectivity index (χ2n) is 4.92. The minimum atomic E-state index is 0.109. The van der Waals surface area contributed by atoms with E-state index in [2.05, 4.69) is 19.9 Å². The molecule has 3 N–H and O–H groups in total. The third-order valence-electron chi connectivity index (χ3n) is 3.31. The highest BCUT2D eigenvalue weighted by molar-refractivity contribution is 5.80. The molecule has 0 bridgehead atoms. The van der Waals surface area contributed by atoms with Crippen LogP contribution in [0.5, 0.6) is 5.88 Å². The first kappa shape index (κ1) is 13.3. The number of nitrogens with zero attached hydrogens (tertiary/aromatic N) is 3. The molecule has 0 aliphatic carbocycles. The van der Waals surface area contributed by atoms with Gasteiger partial charge in [-0.2, -0.15) is 9.97 Å². The molecule has 0 unspecified atom stereocenters. The van der Waals surface area contributed by atoms with E-state index in [4.69, 9.17) is 14.9 Å². The first-order valence-corrected chi connectivity index (χ1v) is 7.03. The molecule has 0 fully saturated rings. The summed E-state index contributed by atoms with van der Waals surface area (Å²) >= 11 is 0. The molecule has 0 radical (unpaired) electrons. The van der Waals surface area contributed by atoms with E-state index >= 15 is 0 Å². The van der Waals surface area contributed by atoms with Crippen LogP contribution in [-0.4, -0.2) is 19.9 Å². The molecule has 7 nitrogen and oxygen atoms in total. The number of ether oxygens (including phenoxy) is 1. The van der Waals surface area contributed by atoms with Gasteiger partial charge in [-0.05, 0) is 17.7 Å². The van der Waals surface area contributed by atoms with Gasteiger partial charge >= 0.3 is 0 Å². The molecule has 23 heavy (non-hydrogen) atoms. The van der Waals surface area contributed by atoms with Crippen molar-refractivity contribution in [3.63, 3.8) is 0 Å². The minimum absolute atomic E-state index is 0.109. The molecule has 7 heteroatoms. The lowest BCUT2D eigenvalue weighted by atomic mass is 10.2. The Morgan fingerprint density at radius 1 is 1.04 bits per heavy atom. The molecule has 4 rings (SSSR count). The largest absolute Gasteiger partial charge is 0.471 e. The summed E-state index contributed by atoms with van der Waals surface area (Å²) in [5, 5.41) is 0. The number of H-pyrrole nitrogens is 1. The number of anilines is 1. The van der Waals surface area contributed by atoms with Crippen molar-refractivity contribution < 1.29 is 9.15 Å². The monoisotopic (exact) mass is 307 g/mol. The lowest BCUT2D eigenvalue weighted by molar-refractivity contribution is 0.297. The Bertz CT molecular complexity index is 932. The van der Waals surface area contributed by atoms with Crippen LogP contribution < -0.4 is 10.5 Å². The highest BCUT2D eigenvalue weighted by atomic mass is 16.5. The zero-order valence-electron chi connectivity index (χ0n) is 12.1. The fraction of sp³-hybridized carbons (Fsp3) is 0.0625. The maximum Gasteiger partial charge on any atom is 0.245 e. The van der Waals surface area contributed by atoms with Gasteiger partial charge in [-0.15, -0.1) is 0 Å². The lowest BCUT2D eigenvalue weighted by Crippen LogP contribution is -2.02. The number of nitrogens with two attached hydrogens (primary N) is 1. The van der Waals surface area contributed by atoms with E-state index in [0.29, 0.717) is 35.2 Å². The van der Waals surface area contributed by atoms with Crippen molar-refractivity contribution in [3.05, 3.63) is 54.3 Å². The predicted molar refractivity (Wildman–Crippen MR) is 84.6 cm³/mol. The Balaban J connectivity index is 1.70. The van der Waals surface area contributed by atoms with E-state index < -0.39 is 0 Å². The number of aromatic nitrogens is 4. The quantitative estimate of drug-likeness (QED) is 0.601. The van der Waals surface area contributed by atoms with Gasteiger partial charge in [0.2, 0.25) is 11.8 Å². The zero-order chi connectivity index (χ0) is 15.6. The fourth-order valence-corrected chi connectivity index (χ4v) is 2.25. The Kier molecular flexibility index (Phi) is 3.16. The molecule has 3 heterocycles. The number of benzene rings is 1. The number of furan rings is 1. The number of aromatic amines is 1. The molecule has 0 amide bonds. The van der Waals surface area contributed by atoms with Crippen molar-refractivity contribution >= 4 is 17.1 Å². The molecule has 0 atom stereocenters.